The average molecular weight is 374 g/mol. The molecule has 1 heterocycles. The summed E-state index contributed by atoms with van der Waals surface area (Å²) >= 11 is 0. The lowest BCUT2D eigenvalue weighted by Gasteiger charge is -2.11. The van der Waals surface area contributed by atoms with Crippen molar-refractivity contribution in [3.8, 4) is 0 Å². The zero-order valence-electron chi connectivity index (χ0n) is 15.4. The maximum Gasteiger partial charge on any atom is 0.231 e. The fraction of sp³-hybridized carbons (Fsp3) is 0.278. The number of ether oxygens (including phenoxy) is 3. The van der Waals surface area contributed by atoms with Gasteiger partial charge in [0.2, 0.25) is 17.8 Å². The summed E-state index contributed by atoms with van der Waals surface area (Å²) in [5.74, 6) is 0.989. The molecule has 9 nitrogen and oxygen atoms in total. The van der Waals surface area contributed by atoms with Crippen molar-refractivity contribution < 1.29 is 14.2 Å². The van der Waals surface area contributed by atoms with E-state index in [1.54, 1.807) is 30.6 Å². The minimum absolute atomic E-state index is 0.182. The van der Waals surface area contributed by atoms with Gasteiger partial charge in [-0.15, -0.1) is 0 Å². The normalized spacial score (nSPS) is 10.9. The molecule has 0 saturated carbocycles. The molecule has 3 N–H and O–H groups in total. The molecular weight excluding hydrogens is 348 g/mol. The van der Waals surface area contributed by atoms with Crippen molar-refractivity contribution in [3.05, 3.63) is 62.3 Å². The van der Waals surface area contributed by atoms with Crippen molar-refractivity contribution in [1.29, 1.82) is 0 Å². The summed E-state index contributed by atoms with van der Waals surface area (Å²) in [6, 6.07) is 0. The van der Waals surface area contributed by atoms with Crippen LogP contribution in [0.3, 0.4) is 0 Å². The molecule has 27 heavy (non-hydrogen) atoms. The fourth-order valence-corrected chi connectivity index (χ4v) is 1.46. The summed E-state index contributed by atoms with van der Waals surface area (Å²) in [7, 11) is 0. The molecule has 0 aliphatic heterocycles. The minimum Gasteiger partial charge on any atom is -0.481 e. The third kappa shape index (κ3) is 10.9. The Bertz CT molecular complexity index is 604. The number of nitrogens with zero attached hydrogens (tertiary/aromatic N) is 3. The Balaban J connectivity index is 2.66. The Labute approximate surface area is 159 Å². The van der Waals surface area contributed by atoms with Crippen LogP contribution in [0.2, 0.25) is 0 Å². The van der Waals surface area contributed by atoms with Crippen molar-refractivity contribution >= 4 is 17.8 Å². The van der Waals surface area contributed by atoms with Gasteiger partial charge in [0.1, 0.15) is 0 Å². The molecule has 146 valence electrons. The molecule has 0 bridgehead atoms. The van der Waals surface area contributed by atoms with Crippen LogP contribution in [0.5, 0.6) is 0 Å². The van der Waals surface area contributed by atoms with E-state index in [1.807, 2.05) is 13.0 Å². The Morgan fingerprint density at radius 2 is 1.15 bits per heavy atom. The molecule has 1 aromatic rings. The number of anilines is 3. The lowest BCUT2D eigenvalue weighted by molar-refractivity contribution is 0.272. The van der Waals surface area contributed by atoms with Crippen LogP contribution in [-0.4, -0.2) is 35.1 Å². The third-order valence-electron chi connectivity index (χ3n) is 2.63. The fourth-order valence-electron chi connectivity index (χ4n) is 1.46. The molecule has 0 fully saturated rings. The molecule has 0 aliphatic carbocycles. The zero-order valence-corrected chi connectivity index (χ0v) is 15.4. The summed E-state index contributed by atoms with van der Waals surface area (Å²) in [6.45, 7) is 9.72. The highest BCUT2D eigenvalue weighted by atomic mass is 16.5. The average Bonchev–Trinajstić information content (AvgIpc) is 2.67. The summed E-state index contributed by atoms with van der Waals surface area (Å²) in [4.78, 5) is 12.7. The van der Waals surface area contributed by atoms with Crippen LogP contribution in [0.15, 0.2) is 62.3 Å². The Morgan fingerprint density at radius 3 is 1.52 bits per heavy atom. The van der Waals surface area contributed by atoms with Gasteiger partial charge in [0.25, 0.3) is 0 Å². The predicted molar refractivity (Wildman–Crippen MR) is 107 cm³/mol. The van der Waals surface area contributed by atoms with Crippen LogP contribution >= 0.6 is 0 Å². The second-order valence-electron chi connectivity index (χ2n) is 4.68. The number of nitrogens with one attached hydrogen (secondary N) is 3. The maximum absolute atomic E-state index is 5.29. The Kier molecular flexibility index (Phi) is 11.8. The van der Waals surface area contributed by atoms with E-state index in [2.05, 4.69) is 44.1 Å². The first kappa shape index (κ1) is 21.6. The van der Waals surface area contributed by atoms with Gasteiger partial charge < -0.3 is 30.2 Å². The molecule has 0 aliphatic rings. The second kappa shape index (κ2) is 14.8. The Morgan fingerprint density at radius 1 is 0.741 bits per heavy atom. The SMILES string of the molecule is C=CC=COCNc1nc(NCOC=CC=C)nc(NCOC=CCC)n1. The van der Waals surface area contributed by atoms with E-state index in [9.17, 15) is 0 Å². The highest BCUT2D eigenvalue weighted by Gasteiger charge is 2.06. The van der Waals surface area contributed by atoms with Gasteiger partial charge >= 0.3 is 0 Å². The van der Waals surface area contributed by atoms with Crippen molar-refractivity contribution in [3.63, 3.8) is 0 Å². The number of aromatic nitrogens is 3. The summed E-state index contributed by atoms with van der Waals surface area (Å²) in [6.07, 6.45) is 14.0. The van der Waals surface area contributed by atoms with E-state index < -0.39 is 0 Å². The van der Waals surface area contributed by atoms with Crippen molar-refractivity contribution in [2.45, 2.75) is 13.3 Å². The number of hydrogen-bond acceptors (Lipinski definition) is 9. The first-order valence-corrected chi connectivity index (χ1v) is 8.32. The predicted octanol–water partition coefficient (Wildman–Crippen LogP) is 3.35. The van der Waals surface area contributed by atoms with Crippen molar-refractivity contribution in [2.75, 3.05) is 36.1 Å². The molecule has 0 unspecified atom stereocenters. The molecular formula is C18H26N6O3. The van der Waals surface area contributed by atoms with Gasteiger partial charge in [-0.1, -0.05) is 38.3 Å². The summed E-state index contributed by atoms with van der Waals surface area (Å²) < 4.78 is 15.7. The van der Waals surface area contributed by atoms with Crippen LogP contribution in [0.25, 0.3) is 0 Å². The number of rotatable bonds is 15. The van der Waals surface area contributed by atoms with Crippen LogP contribution < -0.4 is 16.0 Å². The lowest BCUT2D eigenvalue weighted by Crippen LogP contribution is -2.15. The number of allylic oxidation sites excluding steroid dienone is 5. The summed E-state index contributed by atoms with van der Waals surface area (Å²) in [5.41, 5.74) is 0. The van der Waals surface area contributed by atoms with E-state index in [0.29, 0.717) is 17.8 Å². The maximum atomic E-state index is 5.29. The highest BCUT2D eigenvalue weighted by molar-refractivity contribution is 5.41. The van der Waals surface area contributed by atoms with E-state index >= 15 is 0 Å². The van der Waals surface area contributed by atoms with Gasteiger partial charge in [-0.25, -0.2) is 0 Å². The van der Waals surface area contributed by atoms with Crippen LogP contribution in [0.1, 0.15) is 13.3 Å². The molecule has 0 atom stereocenters. The van der Waals surface area contributed by atoms with Gasteiger partial charge in [0.15, 0.2) is 20.2 Å². The second-order valence-corrected chi connectivity index (χ2v) is 4.68. The monoisotopic (exact) mass is 374 g/mol. The Hall–Kier alpha value is -3.49. The van der Waals surface area contributed by atoms with E-state index in [0.717, 1.165) is 6.42 Å². The number of hydrogen-bond donors (Lipinski definition) is 3. The molecule has 9 heteroatoms. The highest BCUT2D eigenvalue weighted by Crippen LogP contribution is 2.09. The van der Waals surface area contributed by atoms with E-state index in [1.165, 1.54) is 12.5 Å². The van der Waals surface area contributed by atoms with Crippen molar-refractivity contribution in [2.24, 2.45) is 0 Å². The molecule has 0 aromatic carbocycles. The third-order valence-corrected chi connectivity index (χ3v) is 2.63. The van der Waals surface area contributed by atoms with Crippen molar-refractivity contribution in [1.82, 2.24) is 15.0 Å². The molecule has 0 saturated heterocycles. The van der Waals surface area contributed by atoms with Gasteiger partial charge in [0, 0.05) is 0 Å². The quantitative estimate of drug-likeness (QED) is 0.184. The summed E-state index contributed by atoms with van der Waals surface area (Å²) in [5, 5.41) is 8.82. The first-order valence-electron chi connectivity index (χ1n) is 8.32. The van der Waals surface area contributed by atoms with E-state index in [-0.39, 0.29) is 20.2 Å². The van der Waals surface area contributed by atoms with Gasteiger partial charge in [0.05, 0.1) is 18.8 Å². The zero-order chi connectivity index (χ0) is 19.6. The first-order chi connectivity index (χ1) is 13.3. The van der Waals surface area contributed by atoms with Crippen LogP contribution in [0.4, 0.5) is 17.8 Å². The molecule has 0 radical (unpaired) electrons. The molecule has 0 spiro atoms. The van der Waals surface area contributed by atoms with E-state index in [4.69, 9.17) is 14.2 Å². The largest absolute Gasteiger partial charge is 0.481 e. The lowest BCUT2D eigenvalue weighted by atomic mass is 10.5. The standard InChI is InChI=1S/C18H26N6O3/c1-4-7-10-25-13-19-16-22-17(20-14-26-11-8-5-2)24-18(23-16)21-15-27-12-9-6-3/h4-5,7-12H,1-2,6,13-15H2,3H3,(H3,19,20,21,22,23,24). The molecule has 0 amide bonds. The van der Waals surface area contributed by atoms with Gasteiger partial charge in [-0.3, -0.25) is 0 Å². The minimum atomic E-state index is 0.182. The molecule has 1 aromatic heterocycles. The smallest absolute Gasteiger partial charge is 0.231 e. The van der Waals surface area contributed by atoms with Crippen LogP contribution in [0, 0.1) is 0 Å². The molecule has 1 rings (SSSR count). The van der Waals surface area contributed by atoms with Crippen LogP contribution in [-0.2, 0) is 14.2 Å². The topological polar surface area (TPSA) is 102 Å². The van der Waals surface area contributed by atoms with Gasteiger partial charge in [-0.2, -0.15) is 15.0 Å². The van der Waals surface area contributed by atoms with Gasteiger partial charge in [-0.05, 0) is 18.6 Å².